The van der Waals surface area contributed by atoms with Crippen LogP contribution < -0.4 is 10.1 Å². The Hall–Kier alpha value is -3.35. The highest BCUT2D eigenvalue weighted by Gasteiger charge is 2.28. The molecule has 1 N–H and O–H groups in total. The predicted octanol–water partition coefficient (Wildman–Crippen LogP) is 4.25. The van der Waals surface area contributed by atoms with Crippen LogP contribution in [0.3, 0.4) is 0 Å². The van der Waals surface area contributed by atoms with Crippen molar-refractivity contribution in [3.63, 3.8) is 0 Å². The fraction of sp³-hybridized carbons (Fsp3) is 0.333. The molecule has 8 nitrogen and oxygen atoms in total. The first-order chi connectivity index (χ1) is 15.9. The van der Waals surface area contributed by atoms with Crippen LogP contribution in [0.5, 0.6) is 5.75 Å². The number of aromatic nitrogens is 1. The van der Waals surface area contributed by atoms with Crippen LogP contribution >= 0.6 is 0 Å². The number of oxazole rings is 1. The third-order valence-corrected chi connectivity index (χ3v) is 7.74. The minimum atomic E-state index is -3.53. The van der Waals surface area contributed by atoms with E-state index < -0.39 is 10.0 Å². The summed E-state index contributed by atoms with van der Waals surface area (Å²) in [5.41, 5.74) is 1.71. The van der Waals surface area contributed by atoms with Crippen LogP contribution in [-0.2, 0) is 16.6 Å². The van der Waals surface area contributed by atoms with Crippen molar-refractivity contribution in [3.8, 4) is 23.3 Å². The summed E-state index contributed by atoms with van der Waals surface area (Å²) in [6, 6.07) is 16.0. The molecule has 9 heteroatoms. The number of nitrogens with one attached hydrogen (secondary N) is 1. The van der Waals surface area contributed by atoms with Crippen LogP contribution in [0.25, 0.3) is 11.5 Å². The lowest BCUT2D eigenvalue weighted by Gasteiger charge is -2.29. The summed E-state index contributed by atoms with van der Waals surface area (Å²) in [6.45, 7) is 3.67. The summed E-state index contributed by atoms with van der Waals surface area (Å²) < 4.78 is 38.3. The van der Waals surface area contributed by atoms with E-state index in [1.807, 2.05) is 30.3 Å². The summed E-state index contributed by atoms with van der Waals surface area (Å²) in [7, 11) is -1.92. The van der Waals surface area contributed by atoms with Gasteiger partial charge in [0.15, 0.2) is 0 Å². The zero-order valence-electron chi connectivity index (χ0n) is 18.6. The Morgan fingerprint density at radius 3 is 2.42 bits per heavy atom. The van der Waals surface area contributed by atoms with Crippen LogP contribution in [0.15, 0.2) is 57.8 Å². The van der Waals surface area contributed by atoms with Crippen molar-refractivity contribution in [1.29, 1.82) is 5.26 Å². The Kier molecular flexibility index (Phi) is 6.67. The number of benzene rings is 2. The average molecular weight is 467 g/mol. The highest BCUT2D eigenvalue weighted by molar-refractivity contribution is 7.89. The molecule has 0 atom stereocenters. The normalized spacial score (nSPS) is 15.2. The third-order valence-electron chi connectivity index (χ3n) is 5.83. The van der Waals surface area contributed by atoms with Crippen molar-refractivity contribution in [3.05, 3.63) is 59.8 Å². The number of nitrogens with zero attached hydrogens (tertiary/aromatic N) is 3. The molecule has 0 spiro atoms. The minimum Gasteiger partial charge on any atom is -0.497 e. The molecule has 4 rings (SSSR count). The van der Waals surface area contributed by atoms with E-state index in [0.29, 0.717) is 31.1 Å². The molecule has 0 radical (unpaired) electrons. The second-order valence-corrected chi connectivity index (χ2v) is 10.1. The second kappa shape index (κ2) is 9.65. The topological polar surface area (TPSA) is 108 Å². The fourth-order valence-corrected chi connectivity index (χ4v) is 5.18. The molecule has 0 bridgehead atoms. The maximum atomic E-state index is 12.9. The van der Waals surface area contributed by atoms with E-state index in [0.717, 1.165) is 24.2 Å². The molecular weight excluding hydrogens is 440 g/mol. The first kappa shape index (κ1) is 22.8. The lowest BCUT2D eigenvalue weighted by Crippen LogP contribution is -2.37. The maximum absolute atomic E-state index is 12.9. The van der Waals surface area contributed by atoms with Crippen molar-refractivity contribution >= 4 is 15.9 Å². The molecule has 0 unspecified atom stereocenters. The van der Waals surface area contributed by atoms with Gasteiger partial charge in [0.25, 0.3) is 0 Å². The van der Waals surface area contributed by atoms with Gasteiger partial charge in [0, 0.05) is 25.2 Å². The van der Waals surface area contributed by atoms with Crippen molar-refractivity contribution in [2.24, 2.45) is 5.92 Å². The van der Waals surface area contributed by atoms with Crippen LogP contribution in [0.2, 0.25) is 0 Å². The van der Waals surface area contributed by atoms with E-state index in [-0.39, 0.29) is 22.4 Å². The van der Waals surface area contributed by atoms with Gasteiger partial charge in [-0.3, -0.25) is 0 Å². The molecule has 2 heterocycles. The quantitative estimate of drug-likeness (QED) is 0.554. The second-order valence-electron chi connectivity index (χ2n) is 8.12. The minimum absolute atomic E-state index is 0.137. The van der Waals surface area contributed by atoms with Crippen molar-refractivity contribution < 1.29 is 17.6 Å². The Labute approximate surface area is 193 Å². The number of hydrogen-bond acceptors (Lipinski definition) is 7. The van der Waals surface area contributed by atoms with Gasteiger partial charge < -0.3 is 14.5 Å². The van der Waals surface area contributed by atoms with Gasteiger partial charge in [0.2, 0.25) is 27.5 Å². The molecule has 0 aliphatic carbocycles. The summed E-state index contributed by atoms with van der Waals surface area (Å²) in [6.07, 6.45) is 1.74. The molecular formula is C24H26N4O4S. The maximum Gasteiger partial charge on any atom is 0.243 e. The zero-order chi connectivity index (χ0) is 23.4. The van der Waals surface area contributed by atoms with Crippen LogP contribution in [0, 0.1) is 17.2 Å². The zero-order valence-corrected chi connectivity index (χ0v) is 19.4. The highest BCUT2D eigenvalue weighted by atomic mass is 32.2. The first-order valence-electron chi connectivity index (χ1n) is 10.8. The molecule has 1 fully saturated rings. The van der Waals surface area contributed by atoms with E-state index >= 15 is 0 Å². The van der Waals surface area contributed by atoms with Crippen molar-refractivity contribution in [2.45, 2.75) is 31.2 Å². The van der Waals surface area contributed by atoms with E-state index in [4.69, 9.17) is 9.15 Å². The monoisotopic (exact) mass is 466 g/mol. The van der Waals surface area contributed by atoms with Gasteiger partial charge in [-0.2, -0.15) is 14.6 Å². The van der Waals surface area contributed by atoms with Crippen LogP contribution in [0.4, 0.5) is 5.88 Å². The van der Waals surface area contributed by atoms with Gasteiger partial charge in [-0.25, -0.2) is 8.42 Å². The van der Waals surface area contributed by atoms with Gasteiger partial charge in [0.1, 0.15) is 11.8 Å². The largest absolute Gasteiger partial charge is 0.497 e. The van der Waals surface area contributed by atoms with Gasteiger partial charge in [-0.15, -0.1) is 0 Å². The third kappa shape index (κ3) is 5.02. The van der Waals surface area contributed by atoms with Gasteiger partial charge in [-0.1, -0.05) is 19.1 Å². The number of piperidine rings is 1. The van der Waals surface area contributed by atoms with E-state index in [2.05, 4.69) is 17.2 Å². The van der Waals surface area contributed by atoms with Gasteiger partial charge in [-0.05, 0) is 60.7 Å². The first-order valence-corrected chi connectivity index (χ1v) is 12.2. The molecule has 3 aromatic rings. The van der Waals surface area contributed by atoms with Crippen molar-refractivity contribution in [2.75, 3.05) is 25.5 Å². The highest BCUT2D eigenvalue weighted by Crippen LogP contribution is 2.28. The smallest absolute Gasteiger partial charge is 0.243 e. The summed E-state index contributed by atoms with van der Waals surface area (Å²) in [5.74, 6) is 1.83. The summed E-state index contributed by atoms with van der Waals surface area (Å²) >= 11 is 0. The number of nitriles is 1. The van der Waals surface area contributed by atoms with Gasteiger partial charge in [0.05, 0.1) is 12.0 Å². The number of rotatable bonds is 7. The molecule has 1 aliphatic heterocycles. The van der Waals surface area contributed by atoms with Crippen molar-refractivity contribution in [1.82, 2.24) is 9.29 Å². The molecule has 172 valence electrons. The molecule has 1 saturated heterocycles. The molecule has 2 aromatic carbocycles. The predicted molar refractivity (Wildman–Crippen MR) is 124 cm³/mol. The van der Waals surface area contributed by atoms with Crippen LogP contribution in [0.1, 0.15) is 31.0 Å². The Morgan fingerprint density at radius 1 is 1.15 bits per heavy atom. The lowest BCUT2D eigenvalue weighted by molar-refractivity contribution is 0.288. The Balaban J connectivity index is 1.49. The fourth-order valence-electron chi connectivity index (χ4n) is 3.71. The molecule has 0 amide bonds. The number of sulfonamides is 1. The lowest BCUT2D eigenvalue weighted by atomic mass is 10.0. The summed E-state index contributed by atoms with van der Waals surface area (Å²) in [5, 5.41) is 12.5. The van der Waals surface area contributed by atoms with E-state index in [9.17, 15) is 13.7 Å². The average Bonchev–Trinajstić information content (AvgIpc) is 3.27. The molecule has 1 aromatic heterocycles. The van der Waals surface area contributed by atoms with E-state index in [1.54, 1.807) is 35.7 Å². The Bertz CT molecular complexity index is 1240. The number of ether oxygens (including phenoxy) is 1. The van der Waals surface area contributed by atoms with Gasteiger partial charge >= 0.3 is 0 Å². The molecule has 0 saturated carbocycles. The number of anilines is 1. The number of methoxy groups -OCH3 is 1. The van der Waals surface area contributed by atoms with E-state index in [1.165, 1.54) is 0 Å². The summed E-state index contributed by atoms with van der Waals surface area (Å²) in [4.78, 5) is 4.50. The Morgan fingerprint density at radius 2 is 1.82 bits per heavy atom. The number of hydrogen-bond donors (Lipinski definition) is 1. The molecule has 1 aliphatic rings. The van der Waals surface area contributed by atoms with Crippen LogP contribution in [-0.4, -0.2) is 37.9 Å². The SMILES string of the molecule is COc1ccc(CNc2oc(-c3ccc(S(=O)(=O)N4CCC(C)CC4)cc3)nc2C#N)cc1. The standard InChI is InChI=1S/C24H26N4O4S/c1-17-11-13-28(14-12-17)33(29,30)21-9-5-19(6-10-21)23-27-22(15-25)24(32-23)26-16-18-3-7-20(31-2)8-4-18/h3-10,17,26H,11-14,16H2,1-2H3. The molecule has 33 heavy (non-hydrogen) atoms.